The molecule has 3 aromatic rings. The first-order chi connectivity index (χ1) is 13.2. The summed E-state index contributed by atoms with van der Waals surface area (Å²) in [6.07, 6.45) is 0. The summed E-state index contributed by atoms with van der Waals surface area (Å²) in [5.41, 5.74) is 2.71. The molecule has 0 saturated carbocycles. The van der Waals surface area contributed by atoms with Crippen molar-refractivity contribution in [3.63, 3.8) is 0 Å². The van der Waals surface area contributed by atoms with Gasteiger partial charge in [0, 0.05) is 43.1 Å². The number of hydrogen-bond acceptors (Lipinski definition) is 3. The average molecular weight is 359 g/mol. The SMILES string of the molecule is CCN1CCN(c2ccc(NC(=O)c3ccc4ccccc4c3)cc2)CC1. The molecule has 4 rings (SSSR count). The lowest BCUT2D eigenvalue weighted by molar-refractivity contribution is 0.102. The molecule has 4 heteroatoms. The van der Waals surface area contributed by atoms with E-state index in [2.05, 4.69) is 40.2 Å². The topological polar surface area (TPSA) is 35.6 Å². The molecule has 0 aliphatic carbocycles. The number of carbonyl (C=O) groups is 1. The van der Waals surface area contributed by atoms with Gasteiger partial charge in [-0.2, -0.15) is 0 Å². The maximum atomic E-state index is 12.6. The Labute approximate surface area is 160 Å². The molecule has 0 aromatic heterocycles. The van der Waals surface area contributed by atoms with Gasteiger partial charge in [-0.15, -0.1) is 0 Å². The van der Waals surface area contributed by atoms with E-state index in [9.17, 15) is 4.79 Å². The molecular weight excluding hydrogens is 334 g/mol. The first-order valence-electron chi connectivity index (χ1n) is 9.60. The normalized spacial score (nSPS) is 15.1. The summed E-state index contributed by atoms with van der Waals surface area (Å²) in [6.45, 7) is 7.65. The van der Waals surface area contributed by atoms with Crippen molar-refractivity contribution >= 4 is 28.1 Å². The molecule has 1 fully saturated rings. The van der Waals surface area contributed by atoms with Gasteiger partial charge in [0.1, 0.15) is 0 Å². The van der Waals surface area contributed by atoms with Gasteiger partial charge in [-0.25, -0.2) is 0 Å². The van der Waals surface area contributed by atoms with Crippen LogP contribution in [0.5, 0.6) is 0 Å². The first-order valence-corrected chi connectivity index (χ1v) is 9.60. The summed E-state index contributed by atoms with van der Waals surface area (Å²) in [6, 6.07) is 22.0. The number of hydrogen-bond donors (Lipinski definition) is 1. The van der Waals surface area contributed by atoms with Gasteiger partial charge >= 0.3 is 0 Å². The molecule has 1 saturated heterocycles. The second kappa shape index (κ2) is 7.80. The predicted octanol–water partition coefficient (Wildman–Crippen LogP) is 4.23. The van der Waals surface area contributed by atoms with E-state index in [0.29, 0.717) is 5.56 Å². The highest BCUT2D eigenvalue weighted by Crippen LogP contribution is 2.21. The van der Waals surface area contributed by atoms with E-state index >= 15 is 0 Å². The monoisotopic (exact) mass is 359 g/mol. The molecule has 1 heterocycles. The highest BCUT2D eigenvalue weighted by molar-refractivity contribution is 6.06. The third-order valence-electron chi connectivity index (χ3n) is 5.32. The van der Waals surface area contributed by atoms with Crippen molar-refractivity contribution in [2.75, 3.05) is 42.9 Å². The van der Waals surface area contributed by atoms with Crippen LogP contribution in [0.25, 0.3) is 10.8 Å². The Kier molecular flexibility index (Phi) is 5.07. The molecule has 0 radical (unpaired) electrons. The van der Waals surface area contributed by atoms with Crippen molar-refractivity contribution in [2.45, 2.75) is 6.92 Å². The van der Waals surface area contributed by atoms with E-state index in [-0.39, 0.29) is 5.91 Å². The van der Waals surface area contributed by atoms with Crippen LogP contribution >= 0.6 is 0 Å². The number of nitrogens with zero attached hydrogens (tertiary/aromatic N) is 2. The first kappa shape index (κ1) is 17.6. The third kappa shape index (κ3) is 3.96. The minimum absolute atomic E-state index is 0.0786. The smallest absolute Gasteiger partial charge is 0.255 e. The van der Waals surface area contributed by atoms with Gasteiger partial charge < -0.3 is 15.1 Å². The number of likely N-dealkylation sites (N-methyl/N-ethyl adjacent to an activating group) is 1. The molecule has 0 unspecified atom stereocenters. The highest BCUT2D eigenvalue weighted by Gasteiger charge is 2.15. The number of rotatable bonds is 4. The van der Waals surface area contributed by atoms with E-state index < -0.39 is 0 Å². The Morgan fingerprint density at radius 2 is 1.59 bits per heavy atom. The summed E-state index contributed by atoms with van der Waals surface area (Å²) in [5, 5.41) is 5.22. The van der Waals surface area contributed by atoms with Gasteiger partial charge in [0.2, 0.25) is 0 Å². The number of anilines is 2. The fourth-order valence-corrected chi connectivity index (χ4v) is 3.61. The van der Waals surface area contributed by atoms with Crippen LogP contribution in [0.3, 0.4) is 0 Å². The van der Waals surface area contributed by atoms with Gasteiger partial charge in [0.05, 0.1) is 0 Å². The molecule has 1 N–H and O–H groups in total. The second-order valence-corrected chi connectivity index (χ2v) is 6.98. The molecule has 0 spiro atoms. The van der Waals surface area contributed by atoms with Crippen LogP contribution in [-0.2, 0) is 0 Å². The molecule has 138 valence electrons. The van der Waals surface area contributed by atoms with Gasteiger partial charge in [0.15, 0.2) is 0 Å². The molecule has 4 nitrogen and oxygen atoms in total. The zero-order valence-electron chi connectivity index (χ0n) is 15.7. The number of benzene rings is 3. The number of nitrogens with one attached hydrogen (secondary N) is 1. The highest BCUT2D eigenvalue weighted by atomic mass is 16.1. The maximum Gasteiger partial charge on any atom is 0.255 e. The fourth-order valence-electron chi connectivity index (χ4n) is 3.61. The van der Waals surface area contributed by atoms with Gasteiger partial charge in [-0.05, 0) is 53.7 Å². The molecule has 1 aliphatic heterocycles. The van der Waals surface area contributed by atoms with Crippen molar-refractivity contribution in [1.29, 1.82) is 0 Å². The molecular formula is C23H25N3O. The van der Waals surface area contributed by atoms with E-state index in [1.54, 1.807) is 0 Å². The Bertz CT molecular complexity index is 928. The minimum atomic E-state index is -0.0786. The second-order valence-electron chi connectivity index (χ2n) is 6.98. The molecule has 1 aliphatic rings. The predicted molar refractivity (Wildman–Crippen MR) is 113 cm³/mol. The average Bonchev–Trinajstić information content (AvgIpc) is 2.74. The van der Waals surface area contributed by atoms with E-state index in [0.717, 1.165) is 49.2 Å². The van der Waals surface area contributed by atoms with E-state index in [1.807, 2.05) is 48.5 Å². The summed E-state index contributed by atoms with van der Waals surface area (Å²) in [7, 11) is 0. The number of carbonyl (C=O) groups excluding carboxylic acids is 1. The zero-order valence-corrected chi connectivity index (χ0v) is 15.7. The van der Waals surface area contributed by atoms with E-state index in [1.165, 1.54) is 5.69 Å². The third-order valence-corrected chi connectivity index (χ3v) is 5.32. The minimum Gasteiger partial charge on any atom is -0.369 e. The van der Waals surface area contributed by atoms with Crippen molar-refractivity contribution in [2.24, 2.45) is 0 Å². The number of piperazine rings is 1. The van der Waals surface area contributed by atoms with Crippen LogP contribution in [0.2, 0.25) is 0 Å². The fraction of sp³-hybridized carbons (Fsp3) is 0.261. The lowest BCUT2D eigenvalue weighted by Crippen LogP contribution is -2.46. The van der Waals surface area contributed by atoms with Crippen LogP contribution in [-0.4, -0.2) is 43.5 Å². The molecule has 0 bridgehead atoms. The number of fused-ring (bicyclic) bond motifs is 1. The Balaban J connectivity index is 1.42. The molecule has 0 atom stereocenters. The quantitative estimate of drug-likeness (QED) is 0.757. The van der Waals surface area contributed by atoms with Crippen LogP contribution in [0.1, 0.15) is 17.3 Å². The van der Waals surface area contributed by atoms with Crippen LogP contribution < -0.4 is 10.2 Å². The van der Waals surface area contributed by atoms with Gasteiger partial charge in [-0.3, -0.25) is 4.79 Å². The zero-order chi connectivity index (χ0) is 18.6. The largest absolute Gasteiger partial charge is 0.369 e. The van der Waals surface area contributed by atoms with Crippen molar-refractivity contribution in [3.8, 4) is 0 Å². The van der Waals surface area contributed by atoms with Crippen LogP contribution in [0.4, 0.5) is 11.4 Å². The molecule has 27 heavy (non-hydrogen) atoms. The lowest BCUT2D eigenvalue weighted by Gasteiger charge is -2.35. The van der Waals surface area contributed by atoms with Gasteiger partial charge in [0.25, 0.3) is 5.91 Å². The maximum absolute atomic E-state index is 12.6. The van der Waals surface area contributed by atoms with Crippen molar-refractivity contribution in [1.82, 2.24) is 4.90 Å². The standard InChI is InChI=1S/C23H25N3O/c1-2-25-13-15-26(16-14-25)22-11-9-21(10-12-22)24-23(27)20-8-7-18-5-3-4-6-19(18)17-20/h3-12,17H,2,13-16H2,1H3,(H,24,27). The summed E-state index contributed by atoms with van der Waals surface area (Å²) < 4.78 is 0. The van der Waals surface area contributed by atoms with Crippen molar-refractivity contribution < 1.29 is 4.79 Å². The summed E-state index contributed by atoms with van der Waals surface area (Å²) in [4.78, 5) is 17.5. The van der Waals surface area contributed by atoms with Crippen LogP contribution in [0.15, 0.2) is 66.7 Å². The van der Waals surface area contributed by atoms with E-state index in [4.69, 9.17) is 0 Å². The Morgan fingerprint density at radius 1 is 0.889 bits per heavy atom. The Hall–Kier alpha value is -2.85. The summed E-state index contributed by atoms with van der Waals surface area (Å²) >= 11 is 0. The van der Waals surface area contributed by atoms with Gasteiger partial charge in [-0.1, -0.05) is 37.3 Å². The lowest BCUT2D eigenvalue weighted by atomic mass is 10.1. The van der Waals surface area contributed by atoms with Crippen molar-refractivity contribution in [3.05, 3.63) is 72.3 Å². The number of amides is 1. The molecule has 3 aromatic carbocycles. The molecule has 1 amide bonds. The Morgan fingerprint density at radius 3 is 2.30 bits per heavy atom. The summed E-state index contributed by atoms with van der Waals surface area (Å²) in [5.74, 6) is -0.0786. The van der Waals surface area contributed by atoms with Crippen LogP contribution in [0, 0.1) is 0 Å².